The molecule has 2 bridgehead atoms. The van der Waals surface area contributed by atoms with Crippen LogP contribution in [0.1, 0.15) is 35.1 Å². The number of hydrogen-bond acceptors (Lipinski definition) is 5. The number of amides is 1. The summed E-state index contributed by atoms with van der Waals surface area (Å²) in [6.07, 6.45) is 0.934. The van der Waals surface area contributed by atoms with Crippen LogP contribution in [0.15, 0.2) is 29.8 Å². The minimum absolute atomic E-state index is 0.103. The first-order chi connectivity index (χ1) is 13.0. The second kappa shape index (κ2) is 7.66. The fraction of sp³-hybridized carbons (Fsp3) is 0.500. The number of fused-ring (bicyclic) bond motifs is 2. The molecule has 2 fully saturated rings. The third kappa shape index (κ3) is 3.90. The van der Waals surface area contributed by atoms with Gasteiger partial charge in [0, 0.05) is 30.6 Å². The Labute approximate surface area is 162 Å². The lowest BCUT2D eigenvalue weighted by Gasteiger charge is -2.38. The third-order valence-electron chi connectivity index (χ3n) is 5.86. The quantitative estimate of drug-likeness (QED) is 0.825. The Morgan fingerprint density at radius 1 is 1.33 bits per heavy atom. The van der Waals surface area contributed by atoms with Crippen molar-refractivity contribution in [1.29, 1.82) is 0 Å². The van der Waals surface area contributed by atoms with Crippen LogP contribution in [0.25, 0.3) is 0 Å². The topological polar surface area (TPSA) is 65.5 Å². The van der Waals surface area contributed by atoms with Crippen molar-refractivity contribution in [2.75, 3.05) is 13.1 Å². The zero-order chi connectivity index (χ0) is 19.0. The Morgan fingerprint density at radius 3 is 2.59 bits per heavy atom. The standard InChI is InChI=1S/C20H24FN3O2S/c1-12-17(27-11-22-12)10-24-8-14-2-3-15(9-24)18(14)23-20(26)19(25)13-4-6-16(21)7-5-13/h4-7,11,14-15,18-19,25H,2-3,8-10H2,1H3,(H,23,26)/t14-,15+,18?,19?. The van der Waals surface area contributed by atoms with Gasteiger partial charge in [-0.05, 0) is 49.3 Å². The number of piperidine rings is 1. The van der Waals surface area contributed by atoms with Gasteiger partial charge in [-0.25, -0.2) is 9.37 Å². The summed E-state index contributed by atoms with van der Waals surface area (Å²) < 4.78 is 13.0. The van der Waals surface area contributed by atoms with Crippen LogP contribution in [-0.2, 0) is 11.3 Å². The molecular weight excluding hydrogens is 365 g/mol. The maximum Gasteiger partial charge on any atom is 0.253 e. The van der Waals surface area contributed by atoms with E-state index in [1.54, 1.807) is 11.3 Å². The van der Waals surface area contributed by atoms with Crippen LogP contribution >= 0.6 is 11.3 Å². The number of benzene rings is 1. The molecule has 1 aliphatic carbocycles. The number of aryl methyl sites for hydroxylation is 1. The van der Waals surface area contributed by atoms with Crippen LogP contribution in [0, 0.1) is 24.6 Å². The Kier molecular flexibility index (Phi) is 5.25. The highest BCUT2D eigenvalue weighted by Crippen LogP contribution is 2.38. The van der Waals surface area contributed by atoms with Gasteiger partial charge in [-0.1, -0.05) is 12.1 Å². The molecule has 0 spiro atoms. The number of aromatic nitrogens is 1. The van der Waals surface area contributed by atoms with Gasteiger partial charge in [-0.3, -0.25) is 9.69 Å². The number of carbonyl (C=O) groups excluding carboxylic acids is 1. The number of carbonyl (C=O) groups is 1. The van der Waals surface area contributed by atoms with E-state index in [0.717, 1.165) is 38.2 Å². The number of thiazole rings is 1. The minimum atomic E-state index is -1.26. The van der Waals surface area contributed by atoms with Gasteiger partial charge in [0.15, 0.2) is 6.10 Å². The van der Waals surface area contributed by atoms with E-state index in [1.165, 1.54) is 29.1 Å². The van der Waals surface area contributed by atoms with Crippen LogP contribution in [0.4, 0.5) is 4.39 Å². The van der Waals surface area contributed by atoms with E-state index in [0.29, 0.717) is 17.4 Å². The van der Waals surface area contributed by atoms with Gasteiger partial charge in [-0.2, -0.15) is 0 Å². The zero-order valence-corrected chi connectivity index (χ0v) is 16.1. The smallest absolute Gasteiger partial charge is 0.253 e. The first-order valence-corrected chi connectivity index (χ1v) is 10.2. The highest BCUT2D eigenvalue weighted by atomic mass is 32.1. The summed E-state index contributed by atoms with van der Waals surface area (Å²) >= 11 is 1.70. The van der Waals surface area contributed by atoms with Gasteiger partial charge in [0.1, 0.15) is 5.82 Å². The third-order valence-corrected chi connectivity index (χ3v) is 6.78. The molecule has 1 amide bonds. The van der Waals surface area contributed by atoms with Crippen molar-refractivity contribution < 1.29 is 14.3 Å². The second-order valence-corrected chi connectivity index (χ2v) is 8.58. The van der Waals surface area contributed by atoms with Crippen LogP contribution in [0.5, 0.6) is 0 Å². The maximum absolute atomic E-state index is 13.0. The Balaban J connectivity index is 1.37. The number of aliphatic hydroxyl groups is 1. The Hall–Kier alpha value is -1.83. The number of likely N-dealkylation sites (tertiary alicyclic amines) is 1. The van der Waals surface area contributed by atoms with E-state index in [1.807, 2.05) is 12.4 Å². The highest BCUT2D eigenvalue weighted by molar-refractivity contribution is 7.09. The van der Waals surface area contributed by atoms with Crippen molar-refractivity contribution in [1.82, 2.24) is 15.2 Å². The van der Waals surface area contributed by atoms with E-state index in [2.05, 4.69) is 15.2 Å². The van der Waals surface area contributed by atoms with Gasteiger partial charge in [0.05, 0.1) is 11.2 Å². The number of nitrogens with one attached hydrogen (secondary N) is 1. The molecule has 7 heteroatoms. The summed E-state index contributed by atoms with van der Waals surface area (Å²) in [5.41, 5.74) is 3.41. The van der Waals surface area contributed by atoms with Gasteiger partial charge in [0.25, 0.3) is 5.91 Å². The highest BCUT2D eigenvalue weighted by Gasteiger charge is 2.43. The summed E-state index contributed by atoms with van der Waals surface area (Å²) in [6.45, 7) is 4.86. The lowest BCUT2D eigenvalue weighted by Crippen LogP contribution is -2.53. The number of aliphatic hydroxyl groups excluding tert-OH is 1. The predicted octanol–water partition coefficient (Wildman–Crippen LogP) is 2.65. The van der Waals surface area contributed by atoms with Crippen molar-refractivity contribution in [3.05, 3.63) is 51.7 Å². The maximum atomic E-state index is 13.0. The normalized spacial score (nSPS) is 26.1. The molecule has 1 aromatic carbocycles. The molecule has 2 heterocycles. The van der Waals surface area contributed by atoms with Crippen LogP contribution in [0.3, 0.4) is 0 Å². The summed E-state index contributed by atoms with van der Waals surface area (Å²) in [5, 5.41) is 13.4. The summed E-state index contributed by atoms with van der Waals surface area (Å²) in [5.74, 6) is 0.0332. The molecule has 0 radical (unpaired) electrons. The van der Waals surface area contributed by atoms with Crippen LogP contribution in [-0.4, -0.2) is 40.0 Å². The molecular formula is C20H24FN3O2S. The lowest BCUT2D eigenvalue weighted by molar-refractivity contribution is -0.131. The molecule has 2 aliphatic rings. The average Bonchev–Trinajstić information content (AvgIpc) is 3.14. The van der Waals surface area contributed by atoms with E-state index in [-0.39, 0.29) is 11.9 Å². The summed E-state index contributed by atoms with van der Waals surface area (Å²) in [4.78, 5) is 20.6. The van der Waals surface area contributed by atoms with Crippen molar-refractivity contribution in [2.45, 2.75) is 38.5 Å². The lowest BCUT2D eigenvalue weighted by atomic mass is 9.91. The molecule has 1 aromatic heterocycles. The van der Waals surface area contributed by atoms with Crippen molar-refractivity contribution in [3.63, 3.8) is 0 Å². The van der Waals surface area contributed by atoms with E-state index in [9.17, 15) is 14.3 Å². The van der Waals surface area contributed by atoms with E-state index >= 15 is 0 Å². The number of nitrogens with zero attached hydrogens (tertiary/aromatic N) is 2. The molecule has 1 saturated heterocycles. The average molecular weight is 389 g/mol. The van der Waals surface area contributed by atoms with Gasteiger partial charge in [0.2, 0.25) is 0 Å². The van der Waals surface area contributed by atoms with Crippen molar-refractivity contribution in [3.8, 4) is 0 Å². The first-order valence-electron chi connectivity index (χ1n) is 9.36. The Morgan fingerprint density at radius 2 is 2.00 bits per heavy atom. The van der Waals surface area contributed by atoms with Gasteiger partial charge >= 0.3 is 0 Å². The number of hydrogen-bond donors (Lipinski definition) is 2. The van der Waals surface area contributed by atoms with E-state index in [4.69, 9.17) is 0 Å². The number of halogens is 1. The van der Waals surface area contributed by atoms with Crippen molar-refractivity contribution >= 4 is 17.2 Å². The Bertz CT molecular complexity index is 796. The molecule has 1 saturated carbocycles. The molecule has 2 aromatic rings. The largest absolute Gasteiger partial charge is 0.378 e. The van der Waals surface area contributed by atoms with Gasteiger partial charge in [-0.15, -0.1) is 11.3 Å². The molecule has 4 atom stereocenters. The number of rotatable bonds is 5. The summed E-state index contributed by atoms with van der Waals surface area (Å²) in [7, 11) is 0. The second-order valence-electron chi connectivity index (χ2n) is 7.64. The fourth-order valence-electron chi connectivity index (χ4n) is 4.41. The van der Waals surface area contributed by atoms with Crippen LogP contribution in [0.2, 0.25) is 0 Å². The van der Waals surface area contributed by atoms with E-state index < -0.39 is 12.0 Å². The molecule has 2 unspecified atom stereocenters. The first kappa shape index (κ1) is 18.5. The summed E-state index contributed by atoms with van der Waals surface area (Å²) in [6, 6.07) is 5.53. The fourth-order valence-corrected chi connectivity index (χ4v) is 5.22. The monoisotopic (exact) mass is 389 g/mol. The minimum Gasteiger partial charge on any atom is -0.378 e. The molecule has 5 nitrogen and oxygen atoms in total. The predicted molar refractivity (Wildman–Crippen MR) is 102 cm³/mol. The molecule has 1 aliphatic heterocycles. The van der Waals surface area contributed by atoms with Crippen molar-refractivity contribution in [2.24, 2.45) is 11.8 Å². The molecule has 2 N–H and O–H groups in total. The van der Waals surface area contributed by atoms with Crippen LogP contribution < -0.4 is 5.32 Å². The molecule has 4 rings (SSSR count). The molecule has 27 heavy (non-hydrogen) atoms. The van der Waals surface area contributed by atoms with Gasteiger partial charge < -0.3 is 10.4 Å². The zero-order valence-electron chi connectivity index (χ0n) is 15.3. The SMILES string of the molecule is Cc1ncsc1CN1C[C@H]2CC[C@@H](C1)C2NC(=O)C(O)c1ccc(F)cc1. The molecule has 144 valence electrons.